The van der Waals surface area contributed by atoms with Gasteiger partial charge in [-0.2, -0.15) is 10.2 Å². The summed E-state index contributed by atoms with van der Waals surface area (Å²) in [6, 6.07) is 2.77. The van der Waals surface area contributed by atoms with Crippen LogP contribution in [-0.2, 0) is 0 Å². The third kappa shape index (κ3) is 2.58. The summed E-state index contributed by atoms with van der Waals surface area (Å²) in [5, 5.41) is 13.2. The summed E-state index contributed by atoms with van der Waals surface area (Å²) in [5.41, 5.74) is 1.98. The molecule has 1 atom stereocenters. The second-order valence-corrected chi connectivity index (χ2v) is 5.28. The van der Waals surface area contributed by atoms with Crippen molar-refractivity contribution in [3.8, 4) is 0 Å². The molecule has 0 radical (unpaired) electrons. The molecule has 0 saturated carbocycles. The lowest BCUT2D eigenvalue weighted by atomic mass is 9.97. The lowest BCUT2D eigenvalue weighted by Gasteiger charge is -2.35. The van der Waals surface area contributed by atoms with E-state index in [1.165, 1.54) is 12.1 Å². The van der Waals surface area contributed by atoms with Crippen LogP contribution in [0, 0.1) is 6.92 Å². The van der Waals surface area contributed by atoms with Crippen LogP contribution in [-0.4, -0.2) is 37.7 Å². The number of nitrogens with one attached hydrogen (secondary N) is 2. The Kier molecular flexibility index (Phi) is 3.55. The third-order valence-corrected chi connectivity index (χ3v) is 3.86. The van der Waals surface area contributed by atoms with Gasteiger partial charge in [-0.1, -0.05) is 0 Å². The summed E-state index contributed by atoms with van der Waals surface area (Å²) in [4.78, 5) is 25.5. The highest BCUT2D eigenvalue weighted by Crippen LogP contribution is 2.32. The van der Waals surface area contributed by atoms with Gasteiger partial charge in [0.25, 0.3) is 11.5 Å². The summed E-state index contributed by atoms with van der Waals surface area (Å²) in [6.45, 7) is 2.66. The van der Waals surface area contributed by atoms with Crippen LogP contribution in [0.15, 0.2) is 23.1 Å². The maximum atomic E-state index is 12.6. The first-order valence-electron chi connectivity index (χ1n) is 7.03. The number of aromatic nitrogens is 4. The molecule has 2 aromatic rings. The van der Waals surface area contributed by atoms with Gasteiger partial charge >= 0.3 is 0 Å². The van der Waals surface area contributed by atoms with Crippen molar-refractivity contribution in [1.29, 1.82) is 0 Å². The van der Waals surface area contributed by atoms with Gasteiger partial charge in [0.05, 0.1) is 17.9 Å². The molecule has 110 valence electrons. The van der Waals surface area contributed by atoms with E-state index in [2.05, 4.69) is 20.4 Å². The molecule has 3 heterocycles. The number of hydrogen-bond donors (Lipinski definition) is 2. The number of piperidine rings is 1. The molecular formula is C14H17N5O2. The Morgan fingerprint density at radius 2 is 2.19 bits per heavy atom. The first kappa shape index (κ1) is 13.5. The molecule has 1 aliphatic rings. The highest BCUT2D eigenvalue weighted by Gasteiger charge is 2.31. The van der Waals surface area contributed by atoms with Crippen LogP contribution in [0.2, 0.25) is 0 Å². The van der Waals surface area contributed by atoms with E-state index in [-0.39, 0.29) is 23.2 Å². The maximum absolute atomic E-state index is 12.6. The van der Waals surface area contributed by atoms with Crippen molar-refractivity contribution in [2.45, 2.75) is 32.2 Å². The molecule has 1 saturated heterocycles. The van der Waals surface area contributed by atoms with Crippen molar-refractivity contribution < 1.29 is 4.79 Å². The van der Waals surface area contributed by atoms with Crippen LogP contribution in [0.5, 0.6) is 0 Å². The third-order valence-electron chi connectivity index (χ3n) is 3.86. The molecule has 1 aliphatic heterocycles. The average Bonchev–Trinajstić information content (AvgIpc) is 2.93. The topological polar surface area (TPSA) is 94.7 Å². The van der Waals surface area contributed by atoms with Crippen molar-refractivity contribution in [3.63, 3.8) is 0 Å². The molecule has 3 rings (SSSR count). The fraction of sp³-hybridized carbons (Fsp3) is 0.429. The number of hydrogen-bond acceptors (Lipinski definition) is 4. The Balaban J connectivity index is 1.91. The van der Waals surface area contributed by atoms with Gasteiger partial charge in [0, 0.05) is 12.6 Å². The minimum absolute atomic E-state index is 0.0116. The molecular weight excluding hydrogens is 270 g/mol. The molecule has 2 aromatic heterocycles. The van der Waals surface area contributed by atoms with Gasteiger partial charge in [-0.15, -0.1) is 0 Å². The van der Waals surface area contributed by atoms with Gasteiger partial charge in [0.2, 0.25) is 0 Å². The van der Waals surface area contributed by atoms with Crippen LogP contribution in [0.3, 0.4) is 0 Å². The Bertz CT molecular complexity index is 685. The van der Waals surface area contributed by atoms with Crippen molar-refractivity contribution in [2.24, 2.45) is 0 Å². The molecule has 0 aromatic carbocycles. The summed E-state index contributed by atoms with van der Waals surface area (Å²) < 4.78 is 0. The van der Waals surface area contributed by atoms with E-state index in [0.717, 1.165) is 30.5 Å². The Morgan fingerprint density at radius 3 is 2.86 bits per heavy atom. The quantitative estimate of drug-likeness (QED) is 0.866. The molecule has 21 heavy (non-hydrogen) atoms. The minimum Gasteiger partial charge on any atom is -0.329 e. The zero-order valence-corrected chi connectivity index (χ0v) is 11.8. The molecule has 7 nitrogen and oxygen atoms in total. The van der Waals surface area contributed by atoms with E-state index >= 15 is 0 Å². The largest absolute Gasteiger partial charge is 0.329 e. The highest BCUT2D eigenvalue weighted by atomic mass is 16.2. The van der Waals surface area contributed by atoms with E-state index < -0.39 is 0 Å². The first-order valence-corrected chi connectivity index (χ1v) is 7.03. The second kappa shape index (κ2) is 5.51. The number of carbonyl (C=O) groups excluding carboxylic acids is 1. The molecule has 2 N–H and O–H groups in total. The van der Waals surface area contributed by atoms with Crippen molar-refractivity contribution >= 4 is 5.91 Å². The summed E-state index contributed by atoms with van der Waals surface area (Å²) in [6.07, 6.45) is 4.72. The van der Waals surface area contributed by atoms with Crippen LogP contribution in [0.25, 0.3) is 0 Å². The zero-order chi connectivity index (χ0) is 14.8. The number of aryl methyl sites for hydroxylation is 1. The lowest BCUT2D eigenvalue weighted by molar-refractivity contribution is 0.0598. The molecule has 0 aliphatic carbocycles. The number of rotatable bonds is 2. The van der Waals surface area contributed by atoms with Gasteiger partial charge in [-0.05, 0) is 37.8 Å². The number of aromatic amines is 2. The van der Waals surface area contributed by atoms with Gasteiger partial charge < -0.3 is 4.90 Å². The predicted octanol–water partition coefficient (Wildman–Crippen LogP) is 1.17. The smallest absolute Gasteiger partial charge is 0.274 e. The van der Waals surface area contributed by atoms with E-state index in [4.69, 9.17) is 0 Å². The first-order chi connectivity index (χ1) is 10.2. The van der Waals surface area contributed by atoms with Crippen molar-refractivity contribution in [2.75, 3.05) is 6.54 Å². The van der Waals surface area contributed by atoms with Gasteiger partial charge in [-0.25, -0.2) is 5.10 Å². The van der Waals surface area contributed by atoms with Crippen LogP contribution < -0.4 is 5.56 Å². The van der Waals surface area contributed by atoms with Gasteiger partial charge in [0.1, 0.15) is 5.69 Å². The predicted molar refractivity (Wildman–Crippen MR) is 75.8 cm³/mol. The van der Waals surface area contributed by atoms with E-state index in [9.17, 15) is 9.59 Å². The summed E-state index contributed by atoms with van der Waals surface area (Å²) in [5.74, 6) is -0.162. The van der Waals surface area contributed by atoms with Crippen LogP contribution in [0.4, 0.5) is 0 Å². The van der Waals surface area contributed by atoms with E-state index in [0.29, 0.717) is 6.54 Å². The SMILES string of the molecule is Cc1cn[nH]c1C1CCCCN1C(=O)c1ccc(=O)[nH]n1. The average molecular weight is 287 g/mol. The van der Waals surface area contributed by atoms with Crippen LogP contribution >= 0.6 is 0 Å². The summed E-state index contributed by atoms with van der Waals surface area (Å²) in [7, 11) is 0. The number of likely N-dealkylation sites (tertiary alicyclic amines) is 1. The Morgan fingerprint density at radius 1 is 1.33 bits per heavy atom. The second-order valence-electron chi connectivity index (χ2n) is 5.28. The molecule has 0 bridgehead atoms. The number of amides is 1. The van der Waals surface area contributed by atoms with E-state index in [1.54, 1.807) is 6.20 Å². The van der Waals surface area contributed by atoms with Crippen molar-refractivity contribution in [3.05, 3.63) is 45.6 Å². The van der Waals surface area contributed by atoms with Gasteiger partial charge in [-0.3, -0.25) is 14.7 Å². The molecule has 0 spiro atoms. The van der Waals surface area contributed by atoms with Crippen molar-refractivity contribution in [1.82, 2.24) is 25.3 Å². The fourth-order valence-electron chi connectivity index (χ4n) is 2.78. The molecule has 7 heteroatoms. The standard InChI is InChI=1S/C14H17N5O2/c1-9-8-15-18-13(9)11-4-2-3-7-19(11)14(21)10-5-6-12(20)17-16-10/h5-6,8,11H,2-4,7H2,1H3,(H,15,18)(H,17,20). The monoisotopic (exact) mass is 287 g/mol. The number of nitrogens with zero attached hydrogens (tertiary/aromatic N) is 3. The summed E-state index contributed by atoms with van der Waals surface area (Å²) >= 11 is 0. The normalized spacial score (nSPS) is 18.7. The maximum Gasteiger partial charge on any atom is 0.274 e. The Labute approximate surface area is 121 Å². The molecule has 1 unspecified atom stereocenters. The number of H-pyrrole nitrogens is 2. The highest BCUT2D eigenvalue weighted by molar-refractivity contribution is 5.92. The minimum atomic E-state index is -0.314. The van der Waals surface area contributed by atoms with Gasteiger partial charge in [0.15, 0.2) is 0 Å². The number of carbonyl (C=O) groups is 1. The van der Waals surface area contributed by atoms with Crippen LogP contribution in [0.1, 0.15) is 47.1 Å². The van der Waals surface area contributed by atoms with E-state index in [1.807, 2.05) is 11.8 Å². The molecule has 1 amide bonds. The zero-order valence-electron chi connectivity index (χ0n) is 11.8. The Hall–Kier alpha value is -2.44. The fourth-order valence-corrected chi connectivity index (χ4v) is 2.78. The molecule has 1 fully saturated rings. The lowest BCUT2D eigenvalue weighted by Crippen LogP contribution is -2.39.